The van der Waals surface area contributed by atoms with E-state index >= 15 is 0 Å². The predicted octanol–water partition coefficient (Wildman–Crippen LogP) is 4.71. The molecule has 0 amide bonds. The third-order valence-corrected chi connectivity index (χ3v) is 7.36. The summed E-state index contributed by atoms with van der Waals surface area (Å²) in [6.45, 7) is 2.80. The van der Waals surface area contributed by atoms with Crippen LogP contribution in [0.15, 0.2) is 59.5 Å². The number of sulfonamides is 1. The second-order valence-electron chi connectivity index (χ2n) is 8.18. The van der Waals surface area contributed by atoms with Gasteiger partial charge in [0.25, 0.3) is 10.0 Å². The van der Waals surface area contributed by atoms with Crippen LogP contribution in [0.3, 0.4) is 0 Å². The van der Waals surface area contributed by atoms with E-state index in [0.717, 1.165) is 11.1 Å². The molecule has 196 valence electrons. The van der Waals surface area contributed by atoms with Gasteiger partial charge in [0.2, 0.25) is 0 Å². The van der Waals surface area contributed by atoms with Gasteiger partial charge in [0.15, 0.2) is 0 Å². The number of hydrogen-bond acceptors (Lipinski definition) is 7. The van der Waals surface area contributed by atoms with Crippen LogP contribution in [-0.4, -0.2) is 54.4 Å². The van der Waals surface area contributed by atoms with Crippen molar-refractivity contribution < 1.29 is 27.4 Å². The summed E-state index contributed by atoms with van der Waals surface area (Å²) in [4.78, 5) is 13.8. The topological polar surface area (TPSA) is 94.2 Å². The first-order valence-corrected chi connectivity index (χ1v) is 13.3. The highest BCUT2D eigenvalue weighted by Crippen LogP contribution is 2.35. The Morgan fingerprint density at radius 3 is 2.49 bits per heavy atom. The summed E-state index contributed by atoms with van der Waals surface area (Å²) in [7, 11) is -1.08. The Hall–Kier alpha value is -3.45. The van der Waals surface area contributed by atoms with Crippen molar-refractivity contribution in [3.8, 4) is 18.1 Å². The van der Waals surface area contributed by atoms with Crippen molar-refractivity contribution in [2.75, 3.05) is 43.6 Å². The van der Waals surface area contributed by atoms with Crippen LogP contribution in [0.2, 0.25) is 5.02 Å². The summed E-state index contributed by atoms with van der Waals surface area (Å²) in [5.41, 5.74) is 1.16. The Labute approximate surface area is 222 Å². The minimum absolute atomic E-state index is 0.00888. The molecule has 0 aromatic heterocycles. The molecule has 1 N–H and O–H groups in total. The average Bonchev–Trinajstić information content (AvgIpc) is 2.88. The fraction of sp³-hybridized carbons (Fsp3) is 0.296. The Balaban J connectivity index is 1.95. The number of esters is 1. The maximum Gasteiger partial charge on any atom is 0.307 e. The number of rotatable bonds is 12. The van der Waals surface area contributed by atoms with E-state index in [-0.39, 0.29) is 41.5 Å². The molecule has 0 bridgehead atoms. The van der Waals surface area contributed by atoms with Gasteiger partial charge in [0.05, 0.1) is 42.3 Å². The number of methoxy groups -OCH3 is 2. The zero-order chi connectivity index (χ0) is 27.0. The molecule has 0 saturated heterocycles. The molecule has 3 aromatic rings. The molecule has 3 aromatic carbocycles. The van der Waals surface area contributed by atoms with Gasteiger partial charge < -0.3 is 19.1 Å². The number of hydrogen-bond donors (Lipinski definition) is 1. The molecule has 0 spiro atoms. The molecule has 0 fully saturated rings. The summed E-state index contributed by atoms with van der Waals surface area (Å²) >= 11 is 6.26. The van der Waals surface area contributed by atoms with Crippen molar-refractivity contribution in [3.63, 3.8) is 0 Å². The zero-order valence-corrected chi connectivity index (χ0v) is 22.4. The zero-order valence-electron chi connectivity index (χ0n) is 20.9. The van der Waals surface area contributed by atoms with Gasteiger partial charge in [-0.2, -0.15) is 0 Å². The number of anilines is 2. The first-order valence-electron chi connectivity index (χ1n) is 11.4. The van der Waals surface area contributed by atoms with Crippen LogP contribution in [0.5, 0.6) is 5.75 Å². The number of nitrogens with one attached hydrogen (secondary N) is 1. The van der Waals surface area contributed by atoms with Gasteiger partial charge in [-0.3, -0.25) is 9.52 Å². The van der Waals surface area contributed by atoms with Crippen LogP contribution >= 0.6 is 11.6 Å². The maximum absolute atomic E-state index is 13.2. The van der Waals surface area contributed by atoms with Gasteiger partial charge in [0.1, 0.15) is 12.4 Å². The highest BCUT2D eigenvalue weighted by molar-refractivity contribution is 7.92. The third-order valence-electron chi connectivity index (χ3n) is 5.70. The van der Waals surface area contributed by atoms with Gasteiger partial charge in [-0.1, -0.05) is 41.8 Å². The monoisotopic (exact) mass is 544 g/mol. The van der Waals surface area contributed by atoms with Gasteiger partial charge in [0, 0.05) is 29.6 Å². The summed E-state index contributed by atoms with van der Waals surface area (Å²) in [6.07, 6.45) is 5.77. The summed E-state index contributed by atoms with van der Waals surface area (Å²) in [5.74, 6) is 2.65. The van der Waals surface area contributed by atoms with Crippen molar-refractivity contribution in [2.24, 2.45) is 0 Å². The largest absolute Gasteiger partial charge is 0.490 e. The molecule has 0 aliphatic rings. The second-order valence-corrected chi connectivity index (χ2v) is 10.3. The SMILES string of the molecule is C#CCN(c1ccc(NS(=O)(=O)c2ccc(OCCOC)c(Cl)c2)c2ccccc12)[C@@H](C)CC(=O)OC. The van der Waals surface area contributed by atoms with E-state index in [4.69, 9.17) is 32.2 Å². The molecule has 8 nitrogen and oxygen atoms in total. The first-order chi connectivity index (χ1) is 17.7. The summed E-state index contributed by atoms with van der Waals surface area (Å²) in [5, 5.41) is 1.61. The van der Waals surface area contributed by atoms with Gasteiger partial charge in [-0.05, 0) is 37.3 Å². The number of nitrogens with zero attached hydrogens (tertiary/aromatic N) is 1. The van der Waals surface area contributed by atoms with Crippen LogP contribution in [0.25, 0.3) is 10.8 Å². The number of terminal acetylenes is 1. The van der Waals surface area contributed by atoms with Gasteiger partial charge in [-0.15, -0.1) is 6.42 Å². The third kappa shape index (κ3) is 6.86. The highest BCUT2D eigenvalue weighted by atomic mass is 35.5. The number of ether oxygens (including phenoxy) is 3. The Morgan fingerprint density at radius 2 is 1.84 bits per heavy atom. The highest BCUT2D eigenvalue weighted by Gasteiger charge is 2.22. The smallest absolute Gasteiger partial charge is 0.307 e. The van der Waals surface area contributed by atoms with E-state index < -0.39 is 10.0 Å². The van der Waals surface area contributed by atoms with Crippen LogP contribution in [0.1, 0.15) is 13.3 Å². The van der Waals surface area contributed by atoms with E-state index in [1.807, 2.05) is 36.1 Å². The second kappa shape index (κ2) is 12.7. The number of benzene rings is 3. The van der Waals surface area contributed by atoms with Crippen LogP contribution in [-0.2, 0) is 24.3 Å². The van der Waals surface area contributed by atoms with E-state index in [9.17, 15) is 13.2 Å². The number of fused-ring (bicyclic) bond motifs is 1. The van der Waals surface area contributed by atoms with E-state index in [1.54, 1.807) is 19.2 Å². The molecular formula is C27H29ClN2O6S. The lowest BCUT2D eigenvalue weighted by atomic mass is 10.0. The fourth-order valence-corrected chi connectivity index (χ4v) is 5.24. The first kappa shape index (κ1) is 28.1. The molecule has 0 heterocycles. The number of carbonyl (C=O) groups is 1. The molecule has 0 radical (unpaired) electrons. The maximum atomic E-state index is 13.2. The van der Waals surface area contributed by atoms with Crippen LogP contribution in [0.4, 0.5) is 11.4 Å². The summed E-state index contributed by atoms with van der Waals surface area (Å²) < 4.78 is 44.4. The van der Waals surface area contributed by atoms with Crippen molar-refractivity contribution in [1.29, 1.82) is 0 Å². The minimum atomic E-state index is -3.97. The van der Waals surface area contributed by atoms with E-state index in [0.29, 0.717) is 23.4 Å². The fourth-order valence-electron chi connectivity index (χ4n) is 3.84. The molecule has 0 unspecified atom stereocenters. The quantitative estimate of drug-likeness (QED) is 0.200. The lowest BCUT2D eigenvalue weighted by Crippen LogP contribution is -2.35. The molecule has 10 heteroatoms. The van der Waals surface area contributed by atoms with E-state index in [1.165, 1.54) is 25.3 Å². The molecule has 0 saturated carbocycles. The van der Waals surface area contributed by atoms with Crippen LogP contribution < -0.4 is 14.4 Å². The molecule has 37 heavy (non-hydrogen) atoms. The summed E-state index contributed by atoms with van der Waals surface area (Å²) in [6, 6.07) is 14.8. The molecular weight excluding hydrogens is 516 g/mol. The lowest BCUT2D eigenvalue weighted by molar-refractivity contribution is -0.140. The normalized spacial score (nSPS) is 12.0. The average molecular weight is 545 g/mol. The Morgan fingerprint density at radius 1 is 1.11 bits per heavy atom. The van der Waals surface area contributed by atoms with Crippen molar-refractivity contribution in [2.45, 2.75) is 24.3 Å². The van der Waals surface area contributed by atoms with Crippen molar-refractivity contribution in [1.82, 2.24) is 0 Å². The number of carbonyl (C=O) groups excluding carboxylic acids is 1. The van der Waals surface area contributed by atoms with Crippen LogP contribution in [0, 0.1) is 12.3 Å². The molecule has 3 rings (SSSR count). The van der Waals surface area contributed by atoms with Gasteiger partial charge in [-0.25, -0.2) is 8.42 Å². The molecule has 1 atom stereocenters. The molecule has 0 aliphatic heterocycles. The van der Waals surface area contributed by atoms with Crippen molar-refractivity contribution >= 4 is 49.7 Å². The molecule has 0 aliphatic carbocycles. The van der Waals surface area contributed by atoms with Gasteiger partial charge >= 0.3 is 5.97 Å². The minimum Gasteiger partial charge on any atom is -0.490 e. The Bertz CT molecular complexity index is 1400. The number of halogens is 1. The lowest BCUT2D eigenvalue weighted by Gasteiger charge is -2.30. The van der Waals surface area contributed by atoms with Crippen molar-refractivity contribution in [3.05, 3.63) is 59.6 Å². The Kier molecular flexibility index (Phi) is 9.64. The standard InChI is InChI=1S/C27H29ClN2O6S/c1-5-14-30(19(2)17-27(31)35-4)25-12-11-24(21-8-6-7-9-22(21)25)29-37(32,33)20-10-13-26(23(28)18-20)36-16-15-34-3/h1,6-13,18-19,29H,14-17H2,2-4H3/t19-/m0/s1. The predicted molar refractivity (Wildman–Crippen MR) is 146 cm³/mol. The van der Waals surface area contributed by atoms with E-state index in [2.05, 4.69) is 10.6 Å².